The minimum absolute atomic E-state index is 0.0187. The Kier molecular flexibility index (Phi) is 7.36. The standard InChI is InChI=1S/C28H27N3O4S/c1-20(2)21-12-15-23(16-13-21)31(36(34,35)24-9-4-3-5-10-24)19-28(33)30-29-18-26-25-11-7-6-8-22(25)14-17-27(26)32/h3-18,20,32H,19H2,1-2H3,(H,30,33)/b29-18-. The number of hydrogen-bond acceptors (Lipinski definition) is 5. The zero-order chi connectivity index (χ0) is 25.7. The molecule has 0 fully saturated rings. The summed E-state index contributed by atoms with van der Waals surface area (Å²) in [5, 5.41) is 15.9. The average Bonchev–Trinajstić information content (AvgIpc) is 2.89. The summed E-state index contributed by atoms with van der Waals surface area (Å²) in [6.45, 7) is 3.62. The van der Waals surface area contributed by atoms with Gasteiger partial charge in [-0.05, 0) is 52.6 Å². The summed E-state index contributed by atoms with van der Waals surface area (Å²) in [5.41, 5.74) is 4.27. The van der Waals surface area contributed by atoms with Gasteiger partial charge in [0.2, 0.25) is 0 Å². The molecule has 4 aromatic carbocycles. The number of benzene rings is 4. The first-order valence-electron chi connectivity index (χ1n) is 11.5. The minimum atomic E-state index is -4.01. The van der Waals surface area contributed by atoms with Crippen molar-refractivity contribution in [2.24, 2.45) is 5.10 Å². The third kappa shape index (κ3) is 5.39. The zero-order valence-electron chi connectivity index (χ0n) is 20.0. The van der Waals surface area contributed by atoms with Crippen molar-refractivity contribution in [3.8, 4) is 5.75 Å². The van der Waals surface area contributed by atoms with Gasteiger partial charge in [0.15, 0.2) is 0 Å². The van der Waals surface area contributed by atoms with Crippen molar-refractivity contribution in [1.82, 2.24) is 5.43 Å². The Hall–Kier alpha value is -4.17. The fourth-order valence-electron chi connectivity index (χ4n) is 3.81. The van der Waals surface area contributed by atoms with Crippen molar-refractivity contribution in [1.29, 1.82) is 0 Å². The molecule has 1 amide bonds. The van der Waals surface area contributed by atoms with E-state index in [0.717, 1.165) is 20.6 Å². The molecule has 0 spiro atoms. The second-order valence-corrected chi connectivity index (χ2v) is 10.4. The van der Waals surface area contributed by atoms with Crippen LogP contribution in [0.2, 0.25) is 0 Å². The number of rotatable bonds is 8. The molecule has 0 aromatic heterocycles. The molecule has 0 bridgehead atoms. The molecule has 0 radical (unpaired) electrons. The van der Waals surface area contributed by atoms with E-state index in [1.807, 2.05) is 50.2 Å². The number of nitrogens with one attached hydrogen (secondary N) is 1. The monoisotopic (exact) mass is 501 g/mol. The fourth-order valence-corrected chi connectivity index (χ4v) is 5.26. The number of nitrogens with zero attached hydrogens (tertiary/aromatic N) is 2. The Balaban J connectivity index is 1.59. The second-order valence-electron chi connectivity index (χ2n) is 8.58. The number of carbonyl (C=O) groups excluding carboxylic acids is 1. The first-order chi connectivity index (χ1) is 17.3. The van der Waals surface area contributed by atoms with Gasteiger partial charge in [-0.25, -0.2) is 13.8 Å². The van der Waals surface area contributed by atoms with E-state index in [-0.39, 0.29) is 16.6 Å². The van der Waals surface area contributed by atoms with Gasteiger partial charge < -0.3 is 5.11 Å². The van der Waals surface area contributed by atoms with Gasteiger partial charge in [-0.2, -0.15) is 5.10 Å². The van der Waals surface area contributed by atoms with Gasteiger partial charge in [-0.15, -0.1) is 0 Å². The van der Waals surface area contributed by atoms with Crippen LogP contribution in [0.3, 0.4) is 0 Å². The topological polar surface area (TPSA) is 99.1 Å². The van der Waals surface area contributed by atoms with Gasteiger partial charge in [-0.1, -0.05) is 74.5 Å². The summed E-state index contributed by atoms with van der Waals surface area (Å²) >= 11 is 0. The summed E-state index contributed by atoms with van der Waals surface area (Å²) in [5.74, 6) is -0.329. The van der Waals surface area contributed by atoms with Crippen molar-refractivity contribution in [2.45, 2.75) is 24.7 Å². The van der Waals surface area contributed by atoms with Crippen LogP contribution in [-0.2, 0) is 14.8 Å². The van der Waals surface area contributed by atoms with Crippen LogP contribution in [0.5, 0.6) is 5.75 Å². The highest BCUT2D eigenvalue weighted by atomic mass is 32.2. The summed E-state index contributed by atoms with van der Waals surface area (Å²) < 4.78 is 28.0. The van der Waals surface area contributed by atoms with Crippen LogP contribution in [0, 0.1) is 0 Å². The molecule has 8 heteroatoms. The van der Waals surface area contributed by atoms with Gasteiger partial charge in [0.05, 0.1) is 16.8 Å². The van der Waals surface area contributed by atoms with Crippen molar-refractivity contribution in [3.63, 3.8) is 0 Å². The number of amides is 1. The van der Waals surface area contributed by atoms with E-state index in [9.17, 15) is 18.3 Å². The third-order valence-corrected chi connectivity index (χ3v) is 7.58. The van der Waals surface area contributed by atoms with E-state index in [0.29, 0.717) is 11.3 Å². The van der Waals surface area contributed by atoms with Gasteiger partial charge in [0, 0.05) is 5.56 Å². The lowest BCUT2D eigenvalue weighted by atomic mass is 10.0. The highest BCUT2D eigenvalue weighted by Crippen LogP contribution is 2.27. The van der Waals surface area contributed by atoms with Gasteiger partial charge >= 0.3 is 0 Å². The molecule has 4 aromatic rings. The van der Waals surface area contributed by atoms with E-state index in [2.05, 4.69) is 10.5 Å². The number of hydrogen-bond donors (Lipinski definition) is 2. The molecule has 7 nitrogen and oxygen atoms in total. The van der Waals surface area contributed by atoms with Gasteiger partial charge in [0.1, 0.15) is 12.3 Å². The van der Waals surface area contributed by atoms with Crippen LogP contribution < -0.4 is 9.73 Å². The molecular formula is C28H27N3O4S. The normalized spacial score (nSPS) is 11.8. The molecule has 4 rings (SSSR count). The molecule has 0 unspecified atom stereocenters. The SMILES string of the molecule is CC(C)c1ccc(N(CC(=O)N/N=C\c2c(O)ccc3ccccc23)S(=O)(=O)c2ccccc2)cc1. The van der Waals surface area contributed by atoms with Crippen LogP contribution in [0.15, 0.2) is 101 Å². The average molecular weight is 502 g/mol. The van der Waals surface area contributed by atoms with E-state index in [4.69, 9.17) is 0 Å². The summed E-state index contributed by atoms with van der Waals surface area (Å²) in [6, 6.07) is 25.9. The number of fused-ring (bicyclic) bond motifs is 1. The van der Waals surface area contributed by atoms with E-state index >= 15 is 0 Å². The Labute approximate surface area is 210 Å². The summed E-state index contributed by atoms with van der Waals surface area (Å²) in [7, 11) is -4.01. The lowest BCUT2D eigenvalue weighted by molar-refractivity contribution is -0.119. The van der Waals surface area contributed by atoms with Gasteiger partial charge in [0.25, 0.3) is 15.9 Å². The van der Waals surface area contributed by atoms with Crippen molar-refractivity contribution < 1.29 is 18.3 Å². The fraction of sp³-hybridized carbons (Fsp3) is 0.143. The molecule has 0 heterocycles. The number of sulfonamides is 1. The molecule has 0 aliphatic rings. The molecular weight excluding hydrogens is 474 g/mol. The quantitative estimate of drug-likeness (QED) is 0.262. The largest absolute Gasteiger partial charge is 0.507 e. The molecule has 0 atom stereocenters. The smallest absolute Gasteiger partial charge is 0.264 e. The van der Waals surface area contributed by atoms with E-state index < -0.39 is 22.5 Å². The number of phenols is 1. The van der Waals surface area contributed by atoms with Crippen molar-refractivity contribution >= 4 is 38.6 Å². The van der Waals surface area contributed by atoms with Crippen LogP contribution in [0.1, 0.15) is 30.9 Å². The number of phenolic OH excluding ortho intramolecular Hbond substituents is 1. The predicted octanol–water partition coefficient (Wildman–Crippen LogP) is 5.01. The molecule has 36 heavy (non-hydrogen) atoms. The summed E-state index contributed by atoms with van der Waals surface area (Å²) in [6.07, 6.45) is 1.35. The number of anilines is 1. The Bertz CT molecular complexity index is 1500. The highest BCUT2D eigenvalue weighted by Gasteiger charge is 2.27. The second kappa shape index (κ2) is 10.6. The van der Waals surface area contributed by atoms with Gasteiger partial charge in [-0.3, -0.25) is 9.10 Å². The number of carbonyl (C=O) groups is 1. The van der Waals surface area contributed by atoms with E-state index in [1.165, 1.54) is 18.3 Å². The lowest BCUT2D eigenvalue weighted by Crippen LogP contribution is -2.39. The summed E-state index contributed by atoms with van der Waals surface area (Å²) in [4.78, 5) is 12.9. The molecule has 184 valence electrons. The van der Waals surface area contributed by atoms with Crippen molar-refractivity contribution in [2.75, 3.05) is 10.8 Å². The zero-order valence-corrected chi connectivity index (χ0v) is 20.8. The van der Waals surface area contributed by atoms with Crippen molar-refractivity contribution in [3.05, 3.63) is 102 Å². The highest BCUT2D eigenvalue weighted by molar-refractivity contribution is 7.92. The minimum Gasteiger partial charge on any atom is -0.507 e. The maximum Gasteiger partial charge on any atom is 0.264 e. The molecule has 0 saturated heterocycles. The molecule has 2 N–H and O–H groups in total. The third-order valence-electron chi connectivity index (χ3n) is 5.80. The predicted molar refractivity (Wildman–Crippen MR) is 143 cm³/mol. The van der Waals surface area contributed by atoms with Crippen LogP contribution in [0.25, 0.3) is 10.8 Å². The van der Waals surface area contributed by atoms with E-state index in [1.54, 1.807) is 42.5 Å². The van der Waals surface area contributed by atoms with Crippen LogP contribution >= 0.6 is 0 Å². The molecule has 0 aliphatic carbocycles. The maximum atomic E-state index is 13.4. The molecule has 0 saturated carbocycles. The van der Waals surface area contributed by atoms with Crippen LogP contribution in [0.4, 0.5) is 5.69 Å². The maximum absolute atomic E-state index is 13.4. The Morgan fingerprint density at radius 1 is 0.944 bits per heavy atom. The Morgan fingerprint density at radius 2 is 1.61 bits per heavy atom. The first kappa shape index (κ1) is 24.9. The number of aromatic hydroxyl groups is 1. The Morgan fingerprint density at radius 3 is 2.31 bits per heavy atom. The van der Waals surface area contributed by atoms with Crippen LogP contribution in [-0.4, -0.2) is 32.2 Å². The lowest BCUT2D eigenvalue weighted by Gasteiger charge is -2.24. The number of hydrazone groups is 1. The first-order valence-corrected chi connectivity index (χ1v) is 12.9. The molecule has 0 aliphatic heterocycles.